The summed E-state index contributed by atoms with van der Waals surface area (Å²) in [5.74, 6) is -2.29. The number of thiophene rings is 1. The summed E-state index contributed by atoms with van der Waals surface area (Å²) >= 11 is 1.42. The lowest BCUT2D eigenvalue weighted by atomic mass is 9.97. The van der Waals surface area contributed by atoms with Crippen molar-refractivity contribution in [3.63, 3.8) is 0 Å². The zero-order valence-corrected chi connectivity index (χ0v) is 19.3. The fourth-order valence-corrected chi connectivity index (χ4v) is 5.08. The summed E-state index contributed by atoms with van der Waals surface area (Å²) in [4.78, 5) is 46.2. The van der Waals surface area contributed by atoms with Gasteiger partial charge < -0.3 is 15.0 Å². The first-order valence-corrected chi connectivity index (χ1v) is 11.8. The second kappa shape index (κ2) is 10.6. The van der Waals surface area contributed by atoms with Crippen molar-refractivity contribution in [2.45, 2.75) is 32.0 Å². The van der Waals surface area contributed by atoms with E-state index >= 15 is 0 Å². The lowest BCUT2D eigenvalue weighted by Gasteiger charge is -2.30. The Hall–Kier alpha value is -3.59. The molecule has 1 aliphatic rings. The number of pyridine rings is 1. The molecular formula is C25H24FN3O4S. The van der Waals surface area contributed by atoms with Crippen molar-refractivity contribution in [1.29, 1.82) is 0 Å². The van der Waals surface area contributed by atoms with Crippen LogP contribution in [0.1, 0.15) is 40.2 Å². The topological polar surface area (TPSA) is 88.6 Å². The summed E-state index contributed by atoms with van der Waals surface area (Å²) < 4.78 is 18.5. The van der Waals surface area contributed by atoms with Gasteiger partial charge in [-0.25, -0.2) is 4.39 Å². The minimum absolute atomic E-state index is 0.128. The van der Waals surface area contributed by atoms with Gasteiger partial charge in [0.1, 0.15) is 11.9 Å². The molecule has 0 radical (unpaired) electrons. The number of amides is 2. The van der Waals surface area contributed by atoms with Gasteiger partial charge in [-0.15, -0.1) is 11.3 Å². The summed E-state index contributed by atoms with van der Waals surface area (Å²) in [7, 11) is 0. The van der Waals surface area contributed by atoms with Crippen LogP contribution >= 0.6 is 11.3 Å². The van der Waals surface area contributed by atoms with E-state index in [9.17, 15) is 18.8 Å². The average Bonchev–Trinajstić information content (AvgIpc) is 3.52. The van der Waals surface area contributed by atoms with Crippen LogP contribution in [0.25, 0.3) is 0 Å². The van der Waals surface area contributed by atoms with E-state index in [4.69, 9.17) is 4.74 Å². The molecule has 1 N–H and O–H groups in total. The monoisotopic (exact) mass is 481 g/mol. The molecule has 34 heavy (non-hydrogen) atoms. The van der Waals surface area contributed by atoms with Gasteiger partial charge in [0.15, 0.2) is 0 Å². The number of halogens is 1. The van der Waals surface area contributed by atoms with Gasteiger partial charge in [-0.1, -0.05) is 18.2 Å². The highest BCUT2D eigenvalue weighted by atomic mass is 32.1. The van der Waals surface area contributed by atoms with Crippen LogP contribution in [-0.4, -0.2) is 40.3 Å². The lowest BCUT2D eigenvalue weighted by Crippen LogP contribution is -2.46. The maximum atomic E-state index is 13.6. The van der Waals surface area contributed by atoms with Crippen LogP contribution in [0.3, 0.4) is 0 Å². The summed E-state index contributed by atoms with van der Waals surface area (Å²) in [5.41, 5.74) is 1.04. The van der Waals surface area contributed by atoms with Crippen LogP contribution in [0, 0.1) is 11.7 Å². The second-order valence-electron chi connectivity index (χ2n) is 7.87. The third-order valence-electron chi connectivity index (χ3n) is 5.74. The van der Waals surface area contributed by atoms with Crippen molar-refractivity contribution in [2.75, 3.05) is 6.61 Å². The minimum Gasteiger partial charge on any atom is -0.466 e. The van der Waals surface area contributed by atoms with Gasteiger partial charge in [0.2, 0.25) is 5.91 Å². The van der Waals surface area contributed by atoms with Gasteiger partial charge in [-0.2, -0.15) is 0 Å². The number of carbonyl (C=O) groups excluding carboxylic acids is 3. The number of hydrogen-bond acceptors (Lipinski definition) is 6. The first-order chi connectivity index (χ1) is 16.5. The SMILES string of the molecule is CCOC(=O)C1CC(C(=O)NCc2ccc(F)cc2)N(C(=O)c2cccnc2)C1c1cccs1. The van der Waals surface area contributed by atoms with Crippen LogP contribution in [0.5, 0.6) is 0 Å². The van der Waals surface area contributed by atoms with E-state index in [1.54, 1.807) is 37.4 Å². The molecule has 0 spiro atoms. The molecule has 176 valence electrons. The van der Waals surface area contributed by atoms with Gasteiger partial charge in [-0.05, 0) is 54.6 Å². The van der Waals surface area contributed by atoms with E-state index < -0.39 is 29.9 Å². The number of benzene rings is 1. The molecule has 3 heterocycles. The molecule has 2 amide bonds. The number of aromatic nitrogens is 1. The number of hydrogen-bond donors (Lipinski definition) is 1. The number of nitrogens with zero attached hydrogens (tertiary/aromatic N) is 2. The molecular weight excluding hydrogens is 457 g/mol. The number of nitrogens with one attached hydrogen (secondary N) is 1. The van der Waals surface area contributed by atoms with Crippen molar-refractivity contribution < 1.29 is 23.5 Å². The maximum Gasteiger partial charge on any atom is 0.311 e. The molecule has 1 aromatic carbocycles. The Labute approximate surface area is 200 Å². The number of likely N-dealkylation sites (tertiary alicyclic amines) is 1. The molecule has 3 aromatic rings. The van der Waals surface area contributed by atoms with Gasteiger partial charge >= 0.3 is 5.97 Å². The quantitative estimate of drug-likeness (QED) is 0.520. The van der Waals surface area contributed by atoms with Crippen molar-refractivity contribution in [1.82, 2.24) is 15.2 Å². The third-order valence-corrected chi connectivity index (χ3v) is 6.69. The molecule has 0 bridgehead atoms. The molecule has 1 fully saturated rings. The predicted molar refractivity (Wildman–Crippen MR) is 124 cm³/mol. The van der Waals surface area contributed by atoms with E-state index in [-0.39, 0.29) is 31.3 Å². The van der Waals surface area contributed by atoms with E-state index in [0.717, 1.165) is 10.4 Å². The Morgan fingerprint density at radius 1 is 1.18 bits per heavy atom. The highest BCUT2D eigenvalue weighted by molar-refractivity contribution is 7.10. The number of carbonyl (C=O) groups is 3. The van der Waals surface area contributed by atoms with Crippen molar-refractivity contribution in [3.8, 4) is 0 Å². The molecule has 0 aliphatic carbocycles. The van der Waals surface area contributed by atoms with Crippen LogP contribution in [0.4, 0.5) is 4.39 Å². The average molecular weight is 482 g/mol. The number of esters is 1. The molecule has 7 nitrogen and oxygen atoms in total. The van der Waals surface area contributed by atoms with Gasteiger partial charge in [0, 0.05) is 23.8 Å². The van der Waals surface area contributed by atoms with Crippen molar-refractivity contribution in [3.05, 3.63) is 88.1 Å². The van der Waals surface area contributed by atoms with Crippen LogP contribution in [0.2, 0.25) is 0 Å². The summed E-state index contributed by atoms with van der Waals surface area (Å²) in [5, 5.41) is 4.70. The molecule has 3 unspecified atom stereocenters. The fourth-order valence-electron chi connectivity index (χ4n) is 4.19. The van der Waals surface area contributed by atoms with Gasteiger partial charge in [0.05, 0.1) is 24.1 Å². The smallest absolute Gasteiger partial charge is 0.311 e. The van der Waals surface area contributed by atoms with Crippen LogP contribution < -0.4 is 5.32 Å². The zero-order valence-electron chi connectivity index (χ0n) is 18.5. The van der Waals surface area contributed by atoms with E-state index in [0.29, 0.717) is 5.56 Å². The Bertz CT molecular complexity index is 1140. The van der Waals surface area contributed by atoms with Crippen molar-refractivity contribution in [2.24, 2.45) is 5.92 Å². The number of rotatable bonds is 7. The zero-order chi connectivity index (χ0) is 24.1. The summed E-state index contributed by atoms with van der Waals surface area (Å²) in [6.07, 6.45) is 3.13. The first-order valence-electron chi connectivity index (χ1n) is 10.9. The Morgan fingerprint density at radius 3 is 2.62 bits per heavy atom. The standard InChI is InChI=1S/C25H24FN3O4S/c1-2-33-25(32)19-13-20(23(30)28-14-16-7-9-18(26)10-8-16)29(22(19)21-6-4-12-34-21)24(31)17-5-3-11-27-15-17/h3-12,15,19-20,22H,2,13-14H2,1H3,(H,28,30). The molecule has 4 rings (SSSR count). The fraction of sp³-hybridized carbons (Fsp3) is 0.280. The van der Waals surface area contributed by atoms with Gasteiger partial charge in [0.25, 0.3) is 5.91 Å². The second-order valence-corrected chi connectivity index (χ2v) is 8.85. The Morgan fingerprint density at radius 2 is 1.97 bits per heavy atom. The maximum absolute atomic E-state index is 13.6. The molecule has 0 saturated carbocycles. The Kier molecular flexibility index (Phi) is 7.32. The van der Waals surface area contributed by atoms with E-state index in [1.165, 1.54) is 34.6 Å². The summed E-state index contributed by atoms with van der Waals surface area (Å²) in [6, 6.07) is 11.2. The molecule has 9 heteroatoms. The summed E-state index contributed by atoms with van der Waals surface area (Å²) in [6.45, 7) is 2.08. The third kappa shape index (κ3) is 4.99. The highest BCUT2D eigenvalue weighted by Gasteiger charge is 2.51. The first kappa shape index (κ1) is 23.6. The van der Waals surface area contributed by atoms with E-state index in [2.05, 4.69) is 10.3 Å². The molecule has 1 aliphatic heterocycles. The van der Waals surface area contributed by atoms with Crippen LogP contribution in [-0.2, 0) is 20.9 Å². The molecule has 2 aromatic heterocycles. The molecule has 1 saturated heterocycles. The minimum atomic E-state index is -0.894. The van der Waals surface area contributed by atoms with Crippen LogP contribution in [0.15, 0.2) is 66.3 Å². The van der Waals surface area contributed by atoms with Crippen molar-refractivity contribution >= 4 is 29.1 Å². The van der Waals surface area contributed by atoms with E-state index in [1.807, 2.05) is 17.5 Å². The Balaban J connectivity index is 1.67. The highest BCUT2D eigenvalue weighted by Crippen LogP contribution is 2.44. The van der Waals surface area contributed by atoms with Gasteiger partial charge in [-0.3, -0.25) is 19.4 Å². The predicted octanol–water partition coefficient (Wildman–Crippen LogP) is 3.73. The number of ether oxygens (including phenoxy) is 1. The molecule has 3 atom stereocenters. The normalized spacial score (nSPS) is 19.6. The lowest BCUT2D eigenvalue weighted by molar-refractivity contribution is -0.148. The largest absolute Gasteiger partial charge is 0.466 e.